The van der Waals surface area contributed by atoms with E-state index >= 15 is 0 Å². The number of nitrogens with one attached hydrogen (secondary N) is 1. The molecule has 0 fully saturated rings. The van der Waals surface area contributed by atoms with Crippen molar-refractivity contribution in [3.8, 4) is 0 Å². The Kier molecular flexibility index (Phi) is 5.50. The molecule has 16 heavy (non-hydrogen) atoms. The first kappa shape index (κ1) is 13.2. The van der Waals surface area contributed by atoms with E-state index in [2.05, 4.69) is 50.4 Å². The molecule has 0 amide bonds. The summed E-state index contributed by atoms with van der Waals surface area (Å²) in [6.07, 6.45) is 0.823. The SMILES string of the molecule is Cc1ccc(CNC(CCO)C(C)C)cc1. The van der Waals surface area contributed by atoms with Crippen molar-refractivity contribution in [3.63, 3.8) is 0 Å². The zero-order chi connectivity index (χ0) is 12.0. The maximum absolute atomic E-state index is 8.98. The van der Waals surface area contributed by atoms with Crippen LogP contribution in [-0.4, -0.2) is 17.8 Å². The lowest BCUT2D eigenvalue weighted by Gasteiger charge is -2.21. The molecule has 0 aliphatic rings. The second-order valence-electron chi connectivity index (χ2n) is 4.73. The molecular formula is C14H23NO. The second kappa shape index (κ2) is 6.66. The summed E-state index contributed by atoms with van der Waals surface area (Å²) in [5, 5.41) is 12.5. The topological polar surface area (TPSA) is 32.3 Å². The predicted molar refractivity (Wildman–Crippen MR) is 68.3 cm³/mol. The third-order valence-corrected chi connectivity index (χ3v) is 2.93. The molecule has 0 saturated carbocycles. The van der Waals surface area contributed by atoms with Gasteiger partial charge in [0.05, 0.1) is 0 Å². The highest BCUT2D eigenvalue weighted by Crippen LogP contribution is 2.08. The van der Waals surface area contributed by atoms with Crippen LogP contribution in [0.2, 0.25) is 0 Å². The van der Waals surface area contributed by atoms with Crippen LogP contribution in [0, 0.1) is 12.8 Å². The molecule has 0 bridgehead atoms. The molecule has 0 radical (unpaired) electrons. The van der Waals surface area contributed by atoms with Crippen LogP contribution < -0.4 is 5.32 Å². The molecule has 1 rings (SSSR count). The molecule has 0 aliphatic carbocycles. The molecule has 0 aliphatic heterocycles. The lowest BCUT2D eigenvalue weighted by Crippen LogP contribution is -2.34. The molecule has 0 spiro atoms. The van der Waals surface area contributed by atoms with E-state index in [9.17, 15) is 0 Å². The second-order valence-corrected chi connectivity index (χ2v) is 4.73. The largest absolute Gasteiger partial charge is 0.396 e. The Morgan fingerprint density at radius 1 is 1.19 bits per heavy atom. The Hall–Kier alpha value is -0.860. The predicted octanol–water partition coefficient (Wildman–Crippen LogP) is 2.49. The van der Waals surface area contributed by atoms with Gasteiger partial charge in [0.2, 0.25) is 0 Å². The number of aryl methyl sites for hydroxylation is 1. The molecule has 1 aromatic rings. The number of benzene rings is 1. The summed E-state index contributed by atoms with van der Waals surface area (Å²) in [7, 11) is 0. The van der Waals surface area contributed by atoms with Crippen molar-refractivity contribution in [3.05, 3.63) is 35.4 Å². The van der Waals surface area contributed by atoms with Gasteiger partial charge < -0.3 is 10.4 Å². The van der Waals surface area contributed by atoms with Gasteiger partial charge in [-0.15, -0.1) is 0 Å². The van der Waals surface area contributed by atoms with E-state index < -0.39 is 0 Å². The molecule has 2 heteroatoms. The quantitative estimate of drug-likeness (QED) is 0.773. The summed E-state index contributed by atoms with van der Waals surface area (Å²) in [5.41, 5.74) is 2.59. The van der Waals surface area contributed by atoms with E-state index in [0.29, 0.717) is 12.0 Å². The van der Waals surface area contributed by atoms with Gasteiger partial charge in [-0.25, -0.2) is 0 Å². The van der Waals surface area contributed by atoms with Crippen LogP contribution >= 0.6 is 0 Å². The van der Waals surface area contributed by atoms with Gasteiger partial charge in [0.15, 0.2) is 0 Å². The van der Waals surface area contributed by atoms with Crippen molar-refractivity contribution < 1.29 is 5.11 Å². The monoisotopic (exact) mass is 221 g/mol. The van der Waals surface area contributed by atoms with Crippen LogP contribution in [0.1, 0.15) is 31.4 Å². The average molecular weight is 221 g/mol. The minimum atomic E-state index is 0.254. The molecule has 90 valence electrons. The minimum absolute atomic E-state index is 0.254. The highest BCUT2D eigenvalue weighted by atomic mass is 16.3. The van der Waals surface area contributed by atoms with Crippen LogP contribution in [0.5, 0.6) is 0 Å². The van der Waals surface area contributed by atoms with Gasteiger partial charge in [-0.3, -0.25) is 0 Å². The maximum atomic E-state index is 8.98. The van der Waals surface area contributed by atoms with Crippen LogP contribution in [0.15, 0.2) is 24.3 Å². The van der Waals surface area contributed by atoms with Crippen LogP contribution in [0.3, 0.4) is 0 Å². The van der Waals surface area contributed by atoms with Crippen molar-refractivity contribution in [1.82, 2.24) is 5.32 Å². The van der Waals surface area contributed by atoms with E-state index in [4.69, 9.17) is 5.11 Å². The highest BCUT2D eigenvalue weighted by Gasteiger charge is 2.11. The molecule has 0 heterocycles. The van der Waals surface area contributed by atoms with Gasteiger partial charge in [-0.05, 0) is 24.8 Å². The maximum Gasteiger partial charge on any atom is 0.0445 e. The molecule has 2 N–H and O–H groups in total. The van der Waals surface area contributed by atoms with Gasteiger partial charge in [0.1, 0.15) is 0 Å². The summed E-state index contributed by atoms with van der Waals surface area (Å²) in [6.45, 7) is 7.59. The highest BCUT2D eigenvalue weighted by molar-refractivity contribution is 5.21. The van der Waals surface area contributed by atoms with Crippen molar-refractivity contribution in [2.24, 2.45) is 5.92 Å². The zero-order valence-electron chi connectivity index (χ0n) is 10.5. The van der Waals surface area contributed by atoms with Crippen molar-refractivity contribution in [2.45, 2.75) is 39.8 Å². The fraction of sp³-hybridized carbons (Fsp3) is 0.571. The Labute approximate surface area is 98.7 Å². The van der Waals surface area contributed by atoms with Gasteiger partial charge >= 0.3 is 0 Å². The van der Waals surface area contributed by atoms with Crippen LogP contribution in [0.4, 0.5) is 0 Å². The van der Waals surface area contributed by atoms with Gasteiger partial charge in [-0.1, -0.05) is 43.7 Å². The Morgan fingerprint density at radius 2 is 1.81 bits per heavy atom. The molecular weight excluding hydrogens is 198 g/mol. The Bertz CT molecular complexity index is 292. The molecule has 0 saturated heterocycles. The standard InChI is InChI=1S/C14H23NO/c1-11(2)14(8-9-16)15-10-13-6-4-12(3)5-7-13/h4-7,11,14-16H,8-10H2,1-3H3. The number of hydrogen-bond acceptors (Lipinski definition) is 2. The fourth-order valence-corrected chi connectivity index (χ4v) is 1.77. The molecule has 1 unspecified atom stereocenters. The first-order chi connectivity index (χ1) is 7.63. The number of hydrogen-bond donors (Lipinski definition) is 2. The lowest BCUT2D eigenvalue weighted by molar-refractivity contribution is 0.244. The van der Waals surface area contributed by atoms with Crippen molar-refractivity contribution in [2.75, 3.05) is 6.61 Å². The Morgan fingerprint density at radius 3 is 2.31 bits per heavy atom. The van der Waals surface area contributed by atoms with Crippen molar-refractivity contribution in [1.29, 1.82) is 0 Å². The van der Waals surface area contributed by atoms with E-state index in [1.165, 1.54) is 11.1 Å². The summed E-state index contributed by atoms with van der Waals surface area (Å²) < 4.78 is 0. The summed E-state index contributed by atoms with van der Waals surface area (Å²) in [4.78, 5) is 0. The average Bonchev–Trinajstić information content (AvgIpc) is 2.26. The molecule has 1 aromatic carbocycles. The summed E-state index contributed by atoms with van der Waals surface area (Å²) in [6, 6.07) is 8.96. The zero-order valence-corrected chi connectivity index (χ0v) is 10.5. The fourth-order valence-electron chi connectivity index (χ4n) is 1.77. The minimum Gasteiger partial charge on any atom is -0.396 e. The van der Waals surface area contributed by atoms with Gasteiger partial charge in [0, 0.05) is 19.2 Å². The Balaban J connectivity index is 2.45. The molecule has 0 aromatic heterocycles. The third-order valence-electron chi connectivity index (χ3n) is 2.93. The number of rotatable bonds is 6. The molecule has 1 atom stereocenters. The van der Waals surface area contributed by atoms with E-state index in [-0.39, 0.29) is 6.61 Å². The first-order valence-electron chi connectivity index (χ1n) is 6.03. The van der Waals surface area contributed by atoms with Gasteiger partial charge in [0.25, 0.3) is 0 Å². The van der Waals surface area contributed by atoms with E-state index in [0.717, 1.165) is 13.0 Å². The summed E-state index contributed by atoms with van der Waals surface area (Å²) >= 11 is 0. The number of aliphatic hydroxyl groups excluding tert-OH is 1. The first-order valence-corrected chi connectivity index (χ1v) is 6.03. The van der Waals surface area contributed by atoms with Gasteiger partial charge in [-0.2, -0.15) is 0 Å². The van der Waals surface area contributed by atoms with E-state index in [1.54, 1.807) is 0 Å². The normalized spacial score (nSPS) is 13.1. The number of aliphatic hydroxyl groups is 1. The van der Waals surface area contributed by atoms with Crippen LogP contribution in [-0.2, 0) is 6.54 Å². The smallest absolute Gasteiger partial charge is 0.0445 e. The summed E-state index contributed by atoms with van der Waals surface area (Å²) in [5.74, 6) is 0.553. The van der Waals surface area contributed by atoms with Crippen LogP contribution in [0.25, 0.3) is 0 Å². The molecule has 2 nitrogen and oxygen atoms in total. The van der Waals surface area contributed by atoms with E-state index in [1.807, 2.05) is 0 Å². The third kappa shape index (κ3) is 4.33. The lowest BCUT2D eigenvalue weighted by atomic mass is 10.0. The van der Waals surface area contributed by atoms with Crippen molar-refractivity contribution >= 4 is 0 Å².